The predicted octanol–water partition coefficient (Wildman–Crippen LogP) is 1.24. The van der Waals surface area contributed by atoms with Crippen molar-refractivity contribution in [3.63, 3.8) is 0 Å². The van der Waals surface area contributed by atoms with Gasteiger partial charge in [-0.3, -0.25) is 9.59 Å². The van der Waals surface area contributed by atoms with Gasteiger partial charge in [-0.1, -0.05) is 37.3 Å². The summed E-state index contributed by atoms with van der Waals surface area (Å²) in [7, 11) is 0. The van der Waals surface area contributed by atoms with Crippen molar-refractivity contribution in [3.8, 4) is 0 Å². The molecular formula is C16H22N2O3. The zero-order chi connectivity index (χ0) is 15.3. The first-order valence-electron chi connectivity index (χ1n) is 7.37. The van der Waals surface area contributed by atoms with Crippen molar-refractivity contribution in [3.05, 3.63) is 35.9 Å². The van der Waals surface area contributed by atoms with Crippen LogP contribution in [0.2, 0.25) is 0 Å². The van der Waals surface area contributed by atoms with Crippen LogP contribution in [0.5, 0.6) is 0 Å². The van der Waals surface area contributed by atoms with Crippen LogP contribution in [0, 0.1) is 0 Å². The molecule has 1 heterocycles. The van der Waals surface area contributed by atoms with E-state index in [1.165, 1.54) is 0 Å². The first-order chi connectivity index (χ1) is 10.1. The van der Waals surface area contributed by atoms with Crippen molar-refractivity contribution in [2.75, 3.05) is 26.2 Å². The van der Waals surface area contributed by atoms with E-state index < -0.39 is 11.4 Å². The Balaban J connectivity index is 2.09. The second kappa shape index (κ2) is 6.72. The molecule has 1 fully saturated rings. The minimum Gasteiger partial charge on any atom is -0.481 e. The molecule has 0 aromatic heterocycles. The van der Waals surface area contributed by atoms with Crippen LogP contribution in [-0.4, -0.2) is 48.1 Å². The van der Waals surface area contributed by atoms with E-state index in [-0.39, 0.29) is 5.91 Å². The number of piperidine rings is 1. The molecule has 0 unspecified atom stereocenters. The van der Waals surface area contributed by atoms with Crippen LogP contribution in [0.1, 0.15) is 25.3 Å². The third kappa shape index (κ3) is 3.24. The smallest absolute Gasteiger partial charge is 0.314 e. The van der Waals surface area contributed by atoms with E-state index in [9.17, 15) is 14.7 Å². The summed E-state index contributed by atoms with van der Waals surface area (Å²) in [6, 6.07) is 9.34. The normalized spacial score (nSPS) is 17.5. The lowest BCUT2D eigenvalue weighted by atomic mass is 9.73. The van der Waals surface area contributed by atoms with Gasteiger partial charge in [0.25, 0.3) is 0 Å². The molecule has 1 amide bonds. The number of nitrogens with zero attached hydrogens (tertiary/aromatic N) is 1. The fraction of sp³-hybridized carbons (Fsp3) is 0.500. The first-order valence-corrected chi connectivity index (χ1v) is 7.37. The number of nitrogens with one attached hydrogen (secondary N) is 1. The van der Waals surface area contributed by atoms with Gasteiger partial charge in [-0.2, -0.15) is 0 Å². The molecular weight excluding hydrogens is 268 g/mol. The highest BCUT2D eigenvalue weighted by Gasteiger charge is 2.43. The van der Waals surface area contributed by atoms with E-state index in [1.807, 2.05) is 37.3 Å². The second-order valence-electron chi connectivity index (χ2n) is 5.41. The molecule has 0 radical (unpaired) electrons. The molecule has 2 rings (SSSR count). The highest BCUT2D eigenvalue weighted by atomic mass is 16.4. The lowest BCUT2D eigenvalue weighted by Crippen LogP contribution is -2.50. The van der Waals surface area contributed by atoms with E-state index in [0.717, 1.165) is 12.1 Å². The number of amides is 1. The van der Waals surface area contributed by atoms with Crippen molar-refractivity contribution in [2.24, 2.45) is 0 Å². The van der Waals surface area contributed by atoms with Crippen molar-refractivity contribution in [2.45, 2.75) is 25.2 Å². The summed E-state index contributed by atoms with van der Waals surface area (Å²) in [6.07, 6.45) is 0.925. The number of carboxylic acid groups (broad SMARTS) is 1. The van der Waals surface area contributed by atoms with Gasteiger partial charge >= 0.3 is 5.97 Å². The highest BCUT2D eigenvalue weighted by Crippen LogP contribution is 2.35. The third-order valence-electron chi connectivity index (χ3n) is 4.23. The molecule has 1 saturated heterocycles. The van der Waals surface area contributed by atoms with Crippen LogP contribution < -0.4 is 5.32 Å². The number of benzene rings is 1. The number of carbonyl (C=O) groups is 2. The van der Waals surface area contributed by atoms with Crippen LogP contribution >= 0.6 is 0 Å². The number of likely N-dealkylation sites (N-methyl/N-ethyl adjacent to an activating group) is 1. The van der Waals surface area contributed by atoms with Crippen LogP contribution in [0.3, 0.4) is 0 Å². The summed E-state index contributed by atoms with van der Waals surface area (Å²) >= 11 is 0. The zero-order valence-electron chi connectivity index (χ0n) is 12.3. The average Bonchev–Trinajstić information content (AvgIpc) is 2.53. The quantitative estimate of drug-likeness (QED) is 0.856. The summed E-state index contributed by atoms with van der Waals surface area (Å²) in [5.74, 6) is -0.753. The molecule has 1 aromatic carbocycles. The van der Waals surface area contributed by atoms with Gasteiger partial charge in [0.15, 0.2) is 0 Å². The second-order valence-corrected chi connectivity index (χ2v) is 5.41. The third-order valence-corrected chi connectivity index (χ3v) is 4.23. The van der Waals surface area contributed by atoms with Crippen molar-refractivity contribution in [1.29, 1.82) is 0 Å². The molecule has 0 bridgehead atoms. The maximum Gasteiger partial charge on any atom is 0.314 e. The minimum absolute atomic E-state index is 0.0453. The number of rotatable bonds is 5. The minimum atomic E-state index is -0.865. The Labute approximate surface area is 125 Å². The zero-order valence-corrected chi connectivity index (χ0v) is 12.3. The topological polar surface area (TPSA) is 69.6 Å². The maximum absolute atomic E-state index is 12.0. The van der Waals surface area contributed by atoms with Crippen LogP contribution in [0.25, 0.3) is 0 Å². The first kappa shape index (κ1) is 15.5. The molecule has 0 spiro atoms. The summed E-state index contributed by atoms with van der Waals surface area (Å²) in [5, 5.41) is 12.7. The Morgan fingerprint density at radius 3 is 2.38 bits per heavy atom. The molecule has 1 aliphatic rings. The summed E-state index contributed by atoms with van der Waals surface area (Å²) in [5.41, 5.74) is -0.0350. The Bertz CT molecular complexity index is 494. The molecule has 5 heteroatoms. The van der Waals surface area contributed by atoms with Gasteiger partial charge in [-0.05, 0) is 24.9 Å². The SMILES string of the molecule is CCNCC(=O)N1CCC(C(=O)O)(c2ccccc2)CC1. The lowest BCUT2D eigenvalue weighted by molar-refractivity contribution is -0.148. The van der Waals surface area contributed by atoms with Crippen LogP contribution in [0.15, 0.2) is 30.3 Å². The molecule has 0 aliphatic carbocycles. The number of carboxylic acids is 1. The standard InChI is InChI=1S/C16H22N2O3/c1-2-17-12-14(19)18-10-8-16(9-11-18,15(20)21)13-6-4-3-5-7-13/h3-7,17H,2,8-12H2,1H3,(H,20,21). The predicted molar refractivity (Wildman–Crippen MR) is 80.1 cm³/mol. The summed E-state index contributed by atoms with van der Waals surface area (Å²) < 4.78 is 0. The van der Waals surface area contributed by atoms with E-state index >= 15 is 0 Å². The summed E-state index contributed by atoms with van der Waals surface area (Å²) in [6.45, 7) is 4.01. The molecule has 2 N–H and O–H groups in total. The van der Waals surface area contributed by atoms with Gasteiger partial charge in [0, 0.05) is 13.1 Å². The molecule has 114 valence electrons. The van der Waals surface area contributed by atoms with E-state index in [4.69, 9.17) is 0 Å². The van der Waals surface area contributed by atoms with E-state index in [0.29, 0.717) is 32.5 Å². The molecule has 0 saturated carbocycles. The number of hydrogen-bond acceptors (Lipinski definition) is 3. The maximum atomic E-state index is 12.0. The van der Waals surface area contributed by atoms with E-state index in [1.54, 1.807) is 4.90 Å². The Morgan fingerprint density at radius 2 is 1.86 bits per heavy atom. The molecule has 21 heavy (non-hydrogen) atoms. The van der Waals surface area contributed by atoms with Gasteiger partial charge in [0.2, 0.25) is 5.91 Å². The van der Waals surface area contributed by atoms with Crippen molar-refractivity contribution < 1.29 is 14.7 Å². The molecule has 1 aromatic rings. The molecule has 1 aliphatic heterocycles. The van der Waals surface area contributed by atoms with Gasteiger partial charge in [0.1, 0.15) is 0 Å². The fourth-order valence-electron chi connectivity index (χ4n) is 2.86. The highest BCUT2D eigenvalue weighted by molar-refractivity contribution is 5.83. The van der Waals surface area contributed by atoms with Crippen LogP contribution in [-0.2, 0) is 15.0 Å². The van der Waals surface area contributed by atoms with Gasteiger partial charge in [0.05, 0.1) is 12.0 Å². The van der Waals surface area contributed by atoms with Gasteiger partial charge in [-0.15, -0.1) is 0 Å². The van der Waals surface area contributed by atoms with Gasteiger partial charge < -0.3 is 15.3 Å². The van der Waals surface area contributed by atoms with Crippen LogP contribution in [0.4, 0.5) is 0 Å². The van der Waals surface area contributed by atoms with Crippen molar-refractivity contribution in [1.82, 2.24) is 10.2 Å². The van der Waals surface area contributed by atoms with E-state index in [2.05, 4.69) is 5.32 Å². The largest absolute Gasteiger partial charge is 0.481 e. The monoisotopic (exact) mass is 290 g/mol. The Morgan fingerprint density at radius 1 is 1.24 bits per heavy atom. The molecule has 5 nitrogen and oxygen atoms in total. The number of carbonyl (C=O) groups excluding carboxylic acids is 1. The summed E-state index contributed by atoms with van der Waals surface area (Å²) in [4.78, 5) is 25.6. The number of hydrogen-bond donors (Lipinski definition) is 2. The Kier molecular flexibility index (Phi) is 4.96. The fourth-order valence-corrected chi connectivity index (χ4v) is 2.86. The number of aliphatic carboxylic acids is 1. The van der Waals surface area contributed by atoms with Gasteiger partial charge in [-0.25, -0.2) is 0 Å². The number of likely N-dealkylation sites (tertiary alicyclic amines) is 1. The average molecular weight is 290 g/mol. The van der Waals surface area contributed by atoms with Crippen molar-refractivity contribution >= 4 is 11.9 Å². The molecule has 0 atom stereocenters. The Hall–Kier alpha value is -1.88. The lowest BCUT2D eigenvalue weighted by Gasteiger charge is -2.39.